The van der Waals surface area contributed by atoms with Crippen molar-refractivity contribution in [3.8, 4) is 0 Å². The Balaban J connectivity index is 1.90. The van der Waals surface area contributed by atoms with Gasteiger partial charge in [0.15, 0.2) is 5.82 Å². The molecule has 1 atom stereocenters. The van der Waals surface area contributed by atoms with Crippen molar-refractivity contribution in [2.24, 2.45) is 5.73 Å². The van der Waals surface area contributed by atoms with Crippen LogP contribution in [0, 0.1) is 10.1 Å². The Labute approximate surface area is 158 Å². The Morgan fingerprint density at radius 2 is 2.15 bits per heavy atom. The Hall–Kier alpha value is -2.39. The molecule has 1 aliphatic rings. The zero-order chi connectivity index (χ0) is 19.2. The second-order valence-corrected chi connectivity index (χ2v) is 7.18. The fourth-order valence-electron chi connectivity index (χ4n) is 3.54. The summed E-state index contributed by atoms with van der Waals surface area (Å²) < 4.78 is 1.80. The van der Waals surface area contributed by atoms with E-state index in [1.807, 2.05) is 6.07 Å². The highest BCUT2D eigenvalue weighted by Gasteiger charge is 2.27. The minimum absolute atomic E-state index is 0.0672. The van der Waals surface area contributed by atoms with Crippen molar-refractivity contribution in [1.29, 1.82) is 0 Å². The van der Waals surface area contributed by atoms with Crippen molar-refractivity contribution in [2.75, 3.05) is 0 Å². The van der Waals surface area contributed by atoms with E-state index in [1.165, 1.54) is 6.07 Å². The summed E-state index contributed by atoms with van der Waals surface area (Å²) >= 11 is 0. The van der Waals surface area contributed by atoms with Gasteiger partial charge in [0.2, 0.25) is 0 Å². The third-order valence-electron chi connectivity index (χ3n) is 5.13. The number of aryl methyl sites for hydroxylation is 1. The van der Waals surface area contributed by atoms with Crippen molar-refractivity contribution in [3.05, 3.63) is 45.8 Å². The van der Waals surface area contributed by atoms with Crippen LogP contribution in [0.25, 0.3) is 0 Å². The summed E-state index contributed by atoms with van der Waals surface area (Å²) in [4.78, 5) is 10.8. The molecule has 2 aromatic rings. The number of hydrogen-bond donors (Lipinski definition) is 2. The Bertz CT molecular complexity index is 756. The van der Waals surface area contributed by atoms with Crippen LogP contribution in [0.1, 0.15) is 62.9 Å². The van der Waals surface area contributed by atoms with Crippen molar-refractivity contribution >= 4 is 5.69 Å². The molecular weight excluding hydrogens is 346 g/mol. The van der Waals surface area contributed by atoms with Gasteiger partial charge in [0, 0.05) is 30.8 Å². The van der Waals surface area contributed by atoms with E-state index in [0.29, 0.717) is 5.82 Å². The van der Waals surface area contributed by atoms with Gasteiger partial charge in [-0.05, 0) is 48.1 Å². The molecule has 0 aliphatic heterocycles. The largest absolute Gasteiger partial charge is 0.328 e. The summed E-state index contributed by atoms with van der Waals surface area (Å²) in [5.41, 5.74) is 6.89. The number of nitrogens with zero attached hydrogens (tertiary/aromatic N) is 5. The van der Waals surface area contributed by atoms with Gasteiger partial charge >= 0.3 is 0 Å². The van der Waals surface area contributed by atoms with Crippen LogP contribution in [0.15, 0.2) is 24.3 Å². The quantitative estimate of drug-likeness (QED) is 0.537. The Morgan fingerprint density at radius 3 is 2.85 bits per heavy atom. The van der Waals surface area contributed by atoms with Crippen LogP contribution < -0.4 is 11.1 Å². The summed E-state index contributed by atoms with van der Waals surface area (Å²) in [5, 5.41) is 27.1. The average Bonchev–Trinajstić information content (AvgIpc) is 3.14. The molecule has 3 N–H and O–H groups in total. The van der Waals surface area contributed by atoms with E-state index < -0.39 is 0 Å². The van der Waals surface area contributed by atoms with Gasteiger partial charge in [0.25, 0.3) is 5.69 Å². The minimum Gasteiger partial charge on any atom is -0.328 e. The van der Waals surface area contributed by atoms with Gasteiger partial charge in [-0.25, -0.2) is 4.68 Å². The van der Waals surface area contributed by atoms with Crippen LogP contribution in [-0.2, 0) is 6.54 Å². The number of aromatic nitrogens is 4. The summed E-state index contributed by atoms with van der Waals surface area (Å²) in [7, 11) is 0. The number of hydrogen-bond acceptors (Lipinski definition) is 7. The van der Waals surface area contributed by atoms with Crippen LogP contribution in [-0.4, -0.2) is 37.2 Å². The van der Waals surface area contributed by atoms with Gasteiger partial charge in [0.05, 0.1) is 11.0 Å². The van der Waals surface area contributed by atoms with Gasteiger partial charge in [0.1, 0.15) is 0 Å². The van der Waals surface area contributed by atoms with E-state index in [-0.39, 0.29) is 28.7 Å². The van der Waals surface area contributed by atoms with E-state index in [4.69, 9.17) is 5.73 Å². The maximum atomic E-state index is 11.2. The van der Waals surface area contributed by atoms with Gasteiger partial charge in [-0.1, -0.05) is 25.5 Å². The third-order valence-corrected chi connectivity index (χ3v) is 5.13. The number of non-ortho nitro benzene ring substituents is 1. The predicted molar refractivity (Wildman–Crippen MR) is 101 cm³/mol. The molecule has 9 heteroatoms. The van der Waals surface area contributed by atoms with E-state index in [2.05, 4.69) is 27.8 Å². The van der Waals surface area contributed by atoms with Crippen molar-refractivity contribution in [3.63, 3.8) is 0 Å². The normalized spacial score (nSPS) is 21.1. The second-order valence-electron chi connectivity index (χ2n) is 7.18. The number of unbranched alkanes of at least 4 members (excludes halogenated alkanes) is 1. The zero-order valence-electron chi connectivity index (χ0n) is 15.6. The third kappa shape index (κ3) is 4.86. The van der Waals surface area contributed by atoms with Crippen molar-refractivity contribution in [2.45, 2.75) is 70.1 Å². The highest BCUT2D eigenvalue weighted by molar-refractivity contribution is 5.37. The second kappa shape index (κ2) is 9.01. The molecule has 3 rings (SSSR count). The fourth-order valence-corrected chi connectivity index (χ4v) is 3.54. The first-order chi connectivity index (χ1) is 13.1. The number of nitrogens with two attached hydrogens (primary N) is 1. The molecule has 1 aromatic heterocycles. The van der Waals surface area contributed by atoms with Crippen molar-refractivity contribution < 1.29 is 4.92 Å². The standard InChI is InChI=1S/C18H27N7O2/c1-2-3-11-24-18(21-22-23-24)17(20-15-9-7-14(19)8-10-15)13-5-4-6-16(12-13)25(26)27/h4-6,12,14-15,17,20H,2-3,7-11,19H2,1H3. The lowest BCUT2D eigenvalue weighted by Gasteiger charge is -2.30. The molecule has 1 aliphatic carbocycles. The lowest BCUT2D eigenvalue weighted by atomic mass is 9.90. The highest BCUT2D eigenvalue weighted by Crippen LogP contribution is 2.27. The molecule has 1 unspecified atom stereocenters. The predicted octanol–water partition coefficient (Wildman–Crippen LogP) is 2.33. The maximum absolute atomic E-state index is 11.2. The Morgan fingerprint density at radius 1 is 1.37 bits per heavy atom. The summed E-state index contributed by atoms with van der Waals surface area (Å²) in [6.45, 7) is 2.84. The van der Waals surface area contributed by atoms with E-state index in [9.17, 15) is 10.1 Å². The first-order valence-electron chi connectivity index (χ1n) is 9.60. The monoisotopic (exact) mass is 373 g/mol. The topological polar surface area (TPSA) is 125 Å². The van der Waals surface area contributed by atoms with E-state index >= 15 is 0 Å². The molecule has 9 nitrogen and oxygen atoms in total. The molecule has 146 valence electrons. The molecule has 27 heavy (non-hydrogen) atoms. The van der Waals surface area contributed by atoms with E-state index in [1.54, 1.807) is 16.8 Å². The van der Waals surface area contributed by atoms with Gasteiger partial charge in [-0.2, -0.15) is 0 Å². The number of nitrogens with one attached hydrogen (secondary N) is 1. The van der Waals surface area contributed by atoms with Gasteiger partial charge in [-0.3, -0.25) is 10.1 Å². The molecule has 0 radical (unpaired) electrons. The number of rotatable bonds is 8. The first-order valence-corrected chi connectivity index (χ1v) is 9.60. The molecule has 0 bridgehead atoms. The molecule has 1 heterocycles. The Kier molecular flexibility index (Phi) is 6.46. The van der Waals surface area contributed by atoms with Gasteiger partial charge in [-0.15, -0.1) is 5.10 Å². The summed E-state index contributed by atoms with van der Waals surface area (Å²) in [6.07, 6.45) is 5.90. The SMILES string of the molecule is CCCCn1nnnc1C(NC1CCC(N)CC1)c1cccc([N+](=O)[O-])c1. The maximum Gasteiger partial charge on any atom is 0.269 e. The molecule has 0 spiro atoms. The lowest BCUT2D eigenvalue weighted by molar-refractivity contribution is -0.384. The lowest BCUT2D eigenvalue weighted by Crippen LogP contribution is -2.40. The number of benzene rings is 1. The van der Waals surface area contributed by atoms with Crippen LogP contribution in [0.2, 0.25) is 0 Å². The van der Waals surface area contributed by atoms with Crippen LogP contribution in [0.5, 0.6) is 0 Å². The molecule has 1 fully saturated rings. The molecular formula is C18H27N7O2. The number of nitro groups is 1. The molecule has 0 saturated heterocycles. The van der Waals surface area contributed by atoms with Crippen LogP contribution >= 0.6 is 0 Å². The first kappa shape index (κ1) is 19.4. The number of tetrazole rings is 1. The fraction of sp³-hybridized carbons (Fsp3) is 0.611. The van der Waals surface area contributed by atoms with Crippen LogP contribution in [0.4, 0.5) is 5.69 Å². The van der Waals surface area contributed by atoms with Gasteiger partial charge < -0.3 is 11.1 Å². The molecule has 1 saturated carbocycles. The average molecular weight is 373 g/mol. The zero-order valence-corrected chi connectivity index (χ0v) is 15.6. The summed E-state index contributed by atoms with van der Waals surface area (Å²) in [5.74, 6) is 0.693. The smallest absolute Gasteiger partial charge is 0.269 e. The molecule has 1 aromatic carbocycles. The summed E-state index contributed by atoms with van der Waals surface area (Å²) in [6, 6.07) is 6.94. The molecule has 0 amide bonds. The minimum atomic E-state index is -0.375. The van der Waals surface area contributed by atoms with Crippen molar-refractivity contribution in [1.82, 2.24) is 25.5 Å². The van der Waals surface area contributed by atoms with E-state index in [0.717, 1.165) is 50.6 Å². The number of nitro benzene ring substituents is 1. The van der Waals surface area contributed by atoms with Crippen LogP contribution in [0.3, 0.4) is 0 Å². The highest BCUT2D eigenvalue weighted by atomic mass is 16.6.